The Labute approximate surface area is 77.2 Å². The van der Waals surface area contributed by atoms with Crippen LogP contribution in [0.3, 0.4) is 0 Å². The summed E-state index contributed by atoms with van der Waals surface area (Å²) in [5.41, 5.74) is 0. The lowest BCUT2D eigenvalue weighted by atomic mass is 10.2. The first-order valence-corrected chi connectivity index (χ1v) is 4.22. The molecule has 1 unspecified atom stereocenters. The highest BCUT2D eigenvalue weighted by atomic mass is 16.6. The molecule has 0 amide bonds. The summed E-state index contributed by atoms with van der Waals surface area (Å²) in [6.45, 7) is 5.95. The molecule has 0 radical (unpaired) electrons. The number of carbonyl (C=O) groups excluding carboxylic acids is 2. The van der Waals surface area contributed by atoms with Crippen LogP contribution in [0, 0.1) is 0 Å². The zero-order valence-corrected chi connectivity index (χ0v) is 7.66. The molecule has 1 fully saturated rings. The summed E-state index contributed by atoms with van der Waals surface area (Å²) in [6, 6.07) is 0.161. The molecule has 4 heteroatoms. The Morgan fingerprint density at radius 2 is 2.08 bits per heavy atom. The molecule has 1 aliphatic rings. The van der Waals surface area contributed by atoms with E-state index in [1.54, 1.807) is 11.0 Å². The third-order valence-corrected chi connectivity index (χ3v) is 2.02. The van der Waals surface area contributed by atoms with Crippen LogP contribution in [0.5, 0.6) is 0 Å². The molecule has 0 aromatic heterocycles. The lowest BCUT2D eigenvalue weighted by Crippen LogP contribution is -2.47. The molecule has 0 aromatic rings. The van der Waals surface area contributed by atoms with Crippen molar-refractivity contribution in [2.45, 2.75) is 19.4 Å². The van der Waals surface area contributed by atoms with Crippen LogP contribution < -0.4 is 0 Å². The minimum Gasteiger partial charge on any atom is -0.391 e. The highest BCUT2D eigenvalue weighted by Gasteiger charge is 2.27. The molecule has 0 aromatic carbocycles. The number of morpholine rings is 1. The summed E-state index contributed by atoms with van der Waals surface area (Å²) >= 11 is 0. The molecule has 72 valence electrons. The van der Waals surface area contributed by atoms with Gasteiger partial charge in [0.1, 0.15) is 0 Å². The van der Waals surface area contributed by atoms with E-state index in [1.165, 1.54) is 0 Å². The van der Waals surface area contributed by atoms with Gasteiger partial charge in [0.2, 0.25) is 0 Å². The standard InChI is InChI=1S/C9H13NO3/c1-3-4-7(2)10-5-8(11)13-9(12)6-10/h3,7H,1,4-6H2,2H3. The summed E-state index contributed by atoms with van der Waals surface area (Å²) in [5, 5.41) is 0. The Morgan fingerprint density at radius 3 is 2.54 bits per heavy atom. The molecule has 1 heterocycles. The topological polar surface area (TPSA) is 46.6 Å². The number of esters is 2. The fourth-order valence-electron chi connectivity index (χ4n) is 1.28. The van der Waals surface area contributed by atoms with Gasteiger partial charge in [-0.25, -0.2) is 0 Å². The monoisotopic (exact) mass is 183 g/mol. The molecule has 0 saturated carbocycles. The van der Waals surface area contributed by atoms with Crippen LogP contribution in [0.4, 0.5) is 0 Å². The van der Waals surface area contributed by atoms with Gasteiger partial charge in [0.25, 0.3) is 0 Å². The first-order chi connectivity index (χ1) is 6.13. The second-order valence-corrected chi connectivity index (χ2v) is 3.12. The average Bonchev–Trinajstić information content (AvgIpc) is 2.03. The zero-order chi connectivity index (χ0) is 9.84. The van der Waals surface area contributed by atoms with Crippen molar-refractivity contribution < 1.29 is 14.3 Å². The summed E-state index contributed by atoms with van der Waals surface area (Å²) in [4.78, 5) is 23.6. The van der Waals surface area contributed by atoms with Crippen LogP contribution >= 0.6 is 0 Å². The zero-order valence-electron chi connectivity index (χ0n) is 7.66. The first-order valence-electron chi connectivity index (χ1n) is 4.22. The van der Waals surface area contributed by atoms with Crippen molar-refractivity contribution in [3.63, 3.8) is 0 Å². The van der Waals surface area contributed by atoms with E-state index >= 15 is 0 Å². The highest BCUT2D eigenvalue weighted by molar-refractivity contribution is 5.90. The number of rotatable bonds is 3. The van der Waals surface area contributed by atoms with Gasteiger partial charge in [-0.3, -0.25) is 14.5 Å². The summed E-state index contributed by atoms with van der Waals surface area (Å²) < 4.78 is 4.40. The Hall–Kier alpha value is -1.16. The highest BCUT2D eigenvalue weighted by Crippen LogP contribution is 2.08. The molecule has 1 atom stereocenters. The maximum Gasteiger partial charge on any atom is 0.327 e. The molecule has 0 spiro atoms. The van der Waals surface area contributed by atoms with Crippen LogP contribution in [0.1, 0.15) is 13.3 Å². The van der Waals surface area contributed by atoms with Crippen LogP contribution in [0.15, 0.2) is 12.7 Å². The van der Waals surface area contributed by atoms with Crippen molar-refractivity contribution in [1.29, 1.82) is 0 Å². The van der Waals surface area contributed by atoms with Crippen molar-refractivity contribution in [2.75, 3.05) is 13.1 Å². The third-order valence-electron chi connectivity index (χ3n) is 2.02. The number of carbonyl (C=O) groups is 2. The van der Waals surface area contributed by atoms with Crippen LogP contribution in [0.2, 0.25) is 0 Å². The fourth-order valence-corrected chi connectivity index (χ4v) is 1.28. The summed E-state index contributed by atoms with van der Waals surface area (Å²) in [7, 11) is 0. The van der Waals surface area contributed by atoms with E-state index in [1.807, 2.05) is 6.92 Å². The van der Waals surface area contributed by atoms with Crippen molar-refractivity contribution in [3.8, 4) is 0 Å². The fraction of sp³-hybridized carbons (Fsp3) is 0.556. The largest absolute Gasteiger partial charge is 0.391 e. The predicted molar refractivity (Wildman–Crippen MR) is 46.9 cm³/mol. The van der Waals surface area contributed by atoms with Gasteiger partial charge in [-0.1, -0.05) is 6.08 Å². The smallest absolute Gasteiger partial charge is 0.327 e. The van der Waals surface area contributed by atoms with Gasteiger partial charge in [-0.05, 0) is 13.3 Å². The number of cyclic esters (lactones) is 2. The van der Waals surface area contributed by atoms with E-state index < -0.39 is 11.9 Å². The van der Waals surface area contributed by atoms with Crippen molar-refractivity contribution in [2.24, 2.45) is 0 Å². The van der Waals surface area contributed by atoms with Gasteiger partial charge in [-0.15, -0.1) is 6.58 Å². The quantitative estimate of drug-likeness (QED) is 0.359. The predicted octanol–water partition coefficient (Wildman–Crippen LogP) is 0.336. The van der Waals surface area contributed by atoms with Crippen LogP contribution in [0.25, 0.3) is 0 Å². The summed E-state index contributed by atoms with van der Waals surface area (Å²) in [5.74, 6) is -0.931. The second kappa shape index (κ2) is 4.18. The molecule has 0 bridgehead atoms. The van der Waals surface area contributed by atoms with Gasteiger partial charge in [-0.2, -0.15) is 0 Å². The Balaban J connectivity index is 2.54. The Morgan fingerprint density at radius 1 is 1.54 bits per heavy atom. The molecule has 1 aliphatic heterocycles. The van der Waals surface area contributed by atoms with E-state index in [2.05, 4.69) is 11.3 Å². The third kappa shape index (κ3) is 2.66. The van der Waals surface area contributed by atoms with E-state index in [-0.39, 0.29) is 19.1 Å². The van der Waals surface area contributed by atoms with Gasteiger partial charge >= 0.3 is 11.9 Å². The Kier molecular flexibility index (Phi) is 3.19. The molecule has 1 saturated heterocycles. The maximum atomic E-state index is 10.9. The molecule has 13 heavy (non-hydrogen) atoms. The van der Waals surface area contributed by atoms with E-state index in [9.17, 15) is 9.59 Å². The van der Waals surface area contributed by atoms with Crippen molar-refractivity contribution in [3.05, 3.63) is 12.7 Å². The SMILES string of the molecule is C=CCC(C)N1CC(=O)OC(=O)C1. The number of hydrogen-bond acceptors (Lipinski definition) is 4. The minimum absolute atomic E-state index is 0.161. The Bertz CT molecular complexity index is 221. The van der Waals surface area contributed by atoms with Gasteiger partial charge in [0.05, 0.1) is 13.1 Å². The second-order valence-electron chi connectivity index (χ2n) is 3.12. The molecular formula is C9H13NO3. The summed E-state index contributed by atoms with van der Waals surface area (Å²) in [6.07, 6.45) is 2.54. The van der Waals surface area contributed by atoms with E-state index in [0.717, 1.165) is 6.42 Å². The molecule has 4 nitrogen and oxygen atoms in total. The average molecular weight is 183 g/mol. The number of nitrogens with zero attached hydrogens (tertiary/aromatic N) is 1. The van der Waals surface area contributed by atoms with Gasteiger partial charge in [0.15, 0.2) is 0 Å². The van der Waals surface area contributed by atoms with Crippen LogP contribution in [-0.2, 0) is 14.3 Å². The number of ether oxygens (including phenoxy) is 1. The van der Waals surface area contributed by atoms with Crippen LogP contribution in [-0.4, -0.2) is 36.0 Å². The number of hydrogen-bond donors (Lipinski definition) is 0. The minimum atomic E-state index is -0.466. The lowest BCUT2D eigenvalue weighted by molar-refractivity contribution is -0.167. The maximum absolute atomic E-state index is 10.9. The van der Waals surface area contributed by atoms with Gasteiger partial charge in [0, 0.05) is 6.04 Å². The van der Waals surface area contributed by atoms with E-state index in [4.69, 9.17) is 0 Å². The molecule has 0 aliphatic carbocycles. The first kappa shape index (κ1) is 9.92. The van der Waals surface area contributed by atoms with Gasteiger partial charge < -0.3 is 4.74 Å². The molecular weight excluding hydrogens is 170 g/mol. The van der Waals surface area contributed by atoms with E-state index in [0.29, 0.717) is 0 Å². The molecule has 0 N–H and O–H groups in total. The normalized spacial score (nSPS) is 21.0. The molecule has 1 rings (SSSR count). The lowest BCUT2D eigenvalue weighted by Gasteiger charge is -2.29. The van der Waals surface area contributed by atoms with Crippen molar-refractivity contribution >= 4 is 11.9 Å². The van der Waals surface area contributed by atoms with Crippen molar-refractivity contribution in [1.82, 2.24) is 4.90 Å².